The molecule has 1 aromatic carbocycles. The Morgan fingerprint density at radius 1 is 1.17 bits per heavy atom. The molecule has 2 aliphatic rings. The lowest BCUT2D eigenvalue weighted by Crippen LogP contribution is -2.53. The third-order valence-corrected chi connectivity index (χ3v) is 5.03. The van der Waals surface area contributed by atoms with Gasteiger partial charge in [-0.25, -0.2) is 24.8 Å². The molecule has 0 saturated carbocycles. The second-order valence-corrected chi connectivity index (χ2v) is 7.16. The minimum absolute atomic E-state index is 0.134. The summed E-state index contributed by atoms with van der Waals surface area (Å²) in [7, 11) is 1.29. The summed E-state index contributed by atoms with van der Waals surface area (Å²) in [6, 6.07) is 2.83. The van der Waals surface area contributed by atoms with Gasteiger partial charge in [0.15, 0.2) is 0 Å². The monoisotopic (exact) mass is 468 g/mol. The van der Waals surface area contributed by atoms with E-state index in [2.05, 4.69) is 21.4 Å². The van der Waals surface area contributed by atoms with Crippen molar-refractivity contribution in [3.05, 3.63) is 39.9 Å². The fourth-order valence-corrected chi connectivity index (χ4v) is 3.94. The van der Waals surface area contributed by atoms with Gasteiger partial charge in [-0.05, 0) is 32.1 Å². The van der Waals surface area contributed by atoms with E-state index in [4.69, 9.17) is 18.9 Å². The molecular formula is C19H21BrN2O7. The van der Waals surface area contributed by atoms with E-state index in [1.165, 1.54) is 7.11 Å². The lowest BCUT2D eigenvalue weighted by Gasteiger charge is -2.30. The fraction of sp³-hybridized carbons (Fsp3) is 0.421. The highest BCUT2D eigenvalue weighted by Gasteiger charge is 2.47. The summed E-state index contributed by atoms with van der Waals surface area (Å²) in [5.74, 6) is -0.503. The van der Waals surface area contributed by atoms with Gasteiger partial charge < -0.3 is 18.9 Å². The molecule has 1 heterocycles. The van der Waals surface area contributed by atoms with E-state index in [0.29, 0.717) is 15.8 Å². The average molecular weight is 469 g/mol. The largest absolute Gasteiger partial charge is 0.484 e. The quantitative estimate of drug-likeness (QED) is 0.313. The van der Waals surface area contributed by atoms with E-state index in [-0.39, 0.29) is 24.7 Å². The number of amides is 2. The van der Waals surface area contributed by atoms with Gasteiger partial charge in [0.05, 0.1) is 32.3 Å². The Kier molecular flexibility index (Phi) is 6.31. The van der Waals surface area contributed by atoms with Crippen molar-refractivity contribution in [2.75, 3.05) is 20.3 Å². The average Bonchev–Trinajstić information content (AvgIpc) is 3.25. The third kappa shape index (κ3) is 4.02. The Labute approximate surface area is 176 Å². The number of nitrogens with zero attached hydrogens (tertiary/aromatic N) is 1. The minimum Gasteiger partial charge on any atom is -0.484 e. The first kappa shape index (κ1) is 21.0. The minimum atomic E-state index is -0.777. The smallest absolute Gasteiger partial charge is 0.429 e. The molecule has 1 N–H and O–H groups in total. The van der Waals surface area contributed by atoms with Crippen molar-refractivity contribution in [3.63, 3.8) is 0 Å². The van der Waals surface area contributed by atoms with Crippen LogP contribution in [0.3, 0.4) is 0 Å². The van der Waals surface area contributed by atoms with Gasteiger partial charge in [0.25, 0.3) is 0 Å². The first-order valence-corrected chi connectivity index (χ1v) is 9.86. The molecule has 29 heavy (non-hydrogen) atoms. The van der Waals surface area contributed by atoms with Crippen LogP contribution in [0, 0.1) is 0 Å². The normalized spacial score (nSPS) is 20.9. The summed E-state index contributed by atoms with van der Waals surface area (Å²) < 4.78 is 21.5. The third-order valence-electron chi connectivity index (χ3n) is 4.57. The number of nitrogens with one attached hydrogen (secondary N) is 1. The Bertz CT molecular complexity index is 857. The van der Waals surface area contributed by atoms with Gasteiger partial charge in [-0.15, -0.1) is 0 Å². The van der Waals surface area contributed by atoms with E-state index in [1.54, 1.807) is 32.1 Å². The standard InChI is InChI=1S/C19H21BrN2O7/c1-4-27-18(24)21-22(19(25)28-5-2)13-6-7-14-15(13)11-8-10(20)9-12(16(11)29-14)17(23)26-3/h6-9,13-15H,4-5H2,1-3H3,(H,21,24)/t13-,14-,15+/m1/s1. The number of rotatable bonds is 4. The van der Waals surface area contributed by atoms with Crippen molar-refractivity contribution in [1.82, 2.24) is 10.4 Å². The highest BCUT2D eigenvalue weighted by molar-refractivity contribution is 9.10. The van der Waals surface area contributed by atoms with Crippen LogP contribution in [-0.4, -0.2) is 55.6 Å². The first-order valence-electron chi connectivity index (χ1n) is 9.07. The highest BCUT2D eigenvalue weighted by atomic mass is 79.9. The molecule has 0 aromatic heterocycles. The number of esters is 1. The van der Waals surface area contributed by atoms with Gasteiger partial charge in [0.1, 0.15) is 17.4 Å². The molecule has 10 heteroatoms. The number of fused-ring (bicyclic) bond motifs is 3. The van der Waals surface area contributed by atoms with Crippen molar-refractivity contribution in [1.29, 1.82) is 0 Å². The number of halogens is 1. The number of carbonyl (C=O) groups is 3. The lowest BCUT2D eigenvalue weighted by molar-refractivity contribution is 0.0566. The first-order chi connectivity index (χ1) is 13.9. The van der Waals surface area contributed by atoms with E-state index in [1.807, 2.05) is 6.07 Å². The maximum Gasteiger partial charge on any atom is 0.429 e. The zero-order valence-corrected chi connectivity index (χ0v) is 17.7. The van der Waals surface area contributed by atoms with Crippen LogP contribution in [-0.2, 0) is 14.2 Å². The van der Waals surface area contributed by atoms with Gasteiger partial charge in [0, 0.05) is 10.0 Å². The summed E-state index contributed by atoms with van der Waals surface area (Å²) in [5.41, 5.74) is 3.42. The zero-order chi connectivity index (χ0) is 21.1. The summed E-state index contributed by atoms with van der Waals surface area (Å²) >= 11 is 3.40. The number of hydrogen-bond acceptors (Lipinski definition) is 7. The van der Waals surface area contributed by atoms with Crippen molar-refractivity contribution in [2.45, 2.75) is 31.9 Å². The molecule has 3 rings (SSSR count). The Morgan fingerprint density at radius 2 is 1.90 bits per heavy atom. The number of carbonyl (C=O) groups excluding carboxylic acids is 3. The maximum atomic E-state index is 12.5. The molecule has 1 aromatic rings. The van der Waals surface area contributed by atoms with Crippen LogP contribution in [0.25, 0.3) is 0 Å². The van der Waals surface area contributed by atoms with Gasteiger partial charge in [-0.3, -0.25) is 0 Å². The predicted molar refractivity (Wildman–Crippen MR) is 105 cm³/mol. The van der Waals surface area contributed by atoms with Crippen molar-refractivity contribution < 1.29 is 33.3 Å². The molecule has 0 fully saturated rings. The van der Waals surface area contributed by atoms with E-state index >= 15 is 0 Å². The number of ether oxygens (including phenoxy) is 4. The summed E-state index contributed by atoms with van der Waals surface area (Å²) in [6.07, 6.45) is 1.60. The molecule has 0 radical (unpaired) electrons. The topological polar surface area (TPSA) is 103 Å². The number of hydrazine groups is 1. The number of methoxy groups -OCH3 is 1. The van der Waals surface area contributed by atoms with Gasteiger partial charge in [-0.1, -0.05) is 22.0 Å². The van der Waals surface area contributed by atoms with Crippen LogP contribution in [0.4, 0.5) is 9.59 Å². The van der Waals surface area contributed by atoms with Crippen molar-refractivity contribution in [3.8, 4) is 5.75 Å². The summed E-state index contributed by atoms with van der Waals surface area (Å²) in [5, 5.41) is 1.08. The van der Waals surface area contributed by atoms with Gasteiger partial charge in [0.2, 0.25) is 0 Å². The van der Waals surface area contributed by atoms with E-state index in [0.717, 1.165) is 5.01 Å². The van der Waals surface area contributed by atoms with Gasteiger partial charge >= 0.3 is 18.2 Å². The number of hydrogen-bond donors (Lipinski definition) is 1. The highest BCUT2D eigenvalue weighted by Crippen LogP contribution is 2.48. The van der Waals surface area contributed by atoms with E-state index < -0.39 is 30.3 Å². The summed E-state index contributed by atoms with van der Waals surface area (Å²) in [4.78, 5) is 36.7. The van der Waals surface area contributed by atoms with Crippen LogP contribution in [0.1, 0.15) is 35.7 Å². The molecule has 0 bridgehead atoms. The van der Waals surface area contributed by atoms with Crippen molar-refractivity contribution in [2.24, 2.45) is 0 Å². The molecule has 0 unspecified atom stereocenters. The second-order valence-electron chi connectivity index (χ2n) is 6.25. The van der Waals surface area contributed by atoms with Crippen LogP contribution < -0.4 is 10.2 Å². The van der Waals surface area contributed by atoms with Crippen molar-refractivity contribution >= 4 is 34.1 Å². The molecule has 1 aliphatic heterocycles. The maximum absolute atomic E-state index is 12.5. The molecule has 9 nitrogen and oxygen atoms in total. The molecular weight excluding hydrogens is 448 g/mol. The SMILES string of the molecule is CCOC(=O)NN(C(=O)OCC)[C@@H]1C=C[C@H]2Oc3c(C(=O)OC)cc(Br)cc3[C@@H]12. The molecule has 1 aliphatic carbocycles. The predicted octanol–water partition coefficient (Wildman–Crippen LogP) is 3.14. The Hall–Kier alpha value is -2.75. The Balaban J connectivity index is 1.98. The van der Waals surface area contributed by atoms with Crippen LogP contribution in [0.2, 0.25) is 0 Å². The summed E-state index contributed by atoms with van der Waals surface area (Å²) in [6.45, 7) is 3.61. The lowest BCUT2D eigenvalue weighted by atomic mass is 9.91. The van der Waals surface area contributed by atoms with Crippen LogP contribution in [0.15, 0.2) is 28.8 Å². The second kappa shape index (κ2) is 8.73. The fourth-order valence-electron chi connectivity index (χ4n) is 3.47. The number of benzene rings is 1. The molecule has 0 saturated heterocycles. The van der Waals surface area contributed by atoms with Gasteiger partial charge in [-0.2, -0.15) is 0 Å². The zero-order valence-electron chi connectivity index (χ0n) is 16.1. The molecule has 2 amide bonds. The molecule has 156 valence electrons. The van der Waals surface area contributed by atoms with E-state index in [9.17, 15) is 14.4 Å². The Morgan fingerprint density at radius 3 is 2.55 bits per heavy atom. The van der Waals surface area contributed by atoms with Crippen LogP contribution >= 0.6 is 15.9 Å². The molecule has 0 spiro atoms. The van der Waals surface area contributed by atoms with Crippen LogP contribution in [0.5, 0.6) is 5.75 Å². The molecule has 3 atom stereocenters.